The average molecular weight is 722 g/mol. The van der Waals surface area contributed by atoms with E-state index in [-0.39, 0.29) is 0 Å². The van der Waals surface area contributed by atoms with E-state index >= 15 is 0 Å². The summed E-state index contributed by atoms with van der Waals surface area (Å²) >= 11 is -0.536. The molecule has 0 unspecified atom stereocenters. The number of ether oxygens (including phenoxy) is 2. The molecule has 0 spiro atoms. The van der Waals surface area contributed by atoms with E-state index in [9.17, 15) is 0 Å². The molecule has 2 rings (SSSR count). The predicted octanol–water partition coefficient (Wildman–Crippen LogP) is 9.53. The van der Waals surface area contributed by atoms with E-state index in [1.54, 1.807) is 5.79 Å². The number of unbranched alkanes of at least 4 members (excludes halogenated alkanes) is 10. The Labute approximate surface area is 227 Å². The maximum absolute atomic E-state index is 6.63. The SMILES string of the molecule is CCCCCCCCOc1[c]([Sn]([CH3])([CH3])[CH3])sc2c(OCCCCCCCC)[c]([Sn]([CH3])([CH3])[CH3])sc12. The summed E-state index contributed by atoms with van der Waals surface area (Å²) in [6.45, 7) is 6.31. The molecule has 0 atom stereocenters. The molecule has 0 aliphatic rings. The molecule has 34 heavy (non-hydrogen) atoms. The molecule has 0 saturated heterocycles. The van der Waals surface area contributed by atoms with E-state index in [0.29, 0.717) is 0 Å². The first-order valence-electron chi connectivity index (χ1n) is 14.0. The summed E-state index contributed by atoms with van der Waals surface area (Å²) < 4.78 is 19.3. The van der Waals surface area contributed by atoms with Crippen LogP contribution >= 0.6 is 22.7 Å². The third kappa shape index (κ3) is 9.63. The van der Waals surface area contributed by atoms with E-state index in [4.69, 9.17) is 9.47 Å². The van der Waals surface area contributed by atoms with Crippen molar-refractivity contribution < 1.29 is 9.47 Å². The first-order valence-corrected chi connectivity index (χ1v) is 35.6. The zero-order valence-corrected chi connectivity index (χ0v) is 30.9. The van der Waals surface area contributed by atoms with Crippen LogP contribution in [0.4, 0.5) is 0 Å². The fraction of sp³-hybridized carbons (Fsp3) is 0.786. The Hall–Kier alpha value is 0.857. The minimum absolute atomic E-state index is 0.868. The van der Waals surface area contributed by atoms with Crippen LogP contribution in [0.25, 0.3) is 9.40 Å². The quantitative estimate of drug-likeness (QED) is 0.113. The predicted molar refractivity (Wildman–Crippen MR) is 163 cm³/mol. The Kier molecular flexibility index (Phi) is 14.0. The van der Waals surface area contributed by atoms with Gasteiger partial charge >= 0.3 is 229 Å². The molecule has 196 valence electrons. The normalized spacial score (nSPS) is 12.6. The second kappa shape index (κ2) is 15.3. The third-order valence-corrected chi connectivity index (χ3v) is 27.4. The molecule has 0 saturated carbocycles. The van der Waals surface area contributed by atoms with E-state index in [2.05, 4.69) is 43.5 Å². The van der Waals surface area contributed by atoms with E-state index < -0.39 is 36.8 Å². The Morgan fingerprint density at radius 1 is 0.500 bits per heavy atom. The molecular weight excluding hydrogens is 670 g/mol. The topological polar surface area (TPSA) is 18.5 Å². The molecule has 0 aliphatic heterocycles. The van der Waals surface area contributed by atoms with Gasteiger partial charge in [-0.05, 0) is 0 Å². The first-order chi connectivity index (χ1) is 16.1. The molecule has 2 aromatic rings. The van der Waals surface area contributed by atoms with E-state index in [1.165, 1.54) is 97.9 Å². The van der Waals surface area contributed by atoms with Crippen LogP contribution in [-0.4, -0.2) is 50.0 Å². The summed E-state index contributed by atoms with van der Waals surface area (Å²) in [6.07, 6.45) is 15.7. The molecule has 0 amide bonds. The number of rotatable bonds is 18. The van der Waals surface area contributed by atoms with Crippen LogP contribution in [0.5, 0.6) is 11.5 Å². The fourth-order valence-corrected chi connectivity index (χ4v) is 19.6. The molecule has 0 radical (unpaired) electrons. The van der Waals surface area contributed by atoms with Crippen molar-refractivity contribution in [3.63, 3.8) is 0 Å². The van der Waals surface area contributed by atoms with Gasteiger partial charge in [-0.25, -0.2) is 0 Å². The molecule has 2 nitrogen and oxygen atoms in total. The molecule has 2 aromatic heterocycles. The van der Waals surface area contributed by atoms with Gasteiger partial charge in [-0.15, -0.1) is 0 Å². The fourth-order valence-electron chi connectivity index (χ4n) is 4.26. The Morgan fingerprint density at radius 2 is 0.824 bits per heavy atom. The van der Waals surface area contributed by atoms with Gasteiger partial charge < -0.3 is 0 Å². The molecule has 0 N–H and O–H groups in total. The van der Waals surface area contributed by atoms with Gasteiger partial charge in [0.1, 0.15) is 0 Å². The van der Waals surface area contributed by atoms with E-state index in [0.717, 1.165) is 13.2 Å². The Morgan fingerprint density at radius 3 is 1.15 bits per heavy atom. The third-order valence-electron chi connectivity index (χ3n) is 6.29. The van der Waals surface area contributed by atoms with Crippen LogP contribution in [-0.2, 0) is 0 Å². The number of hydrogen-bond donors (Lipinski definition) is 0. The maximum atomic E-state index is 6.63. The van der Waals surface area contributed by atoms with Crippen molar-refractivity contribution in [1.82, 2.24) is 0 Å². The summed E-state index contributed by atoms with van der Waals surface area (Å²) in [5.41, 5.74) is 0. The summed E-state index contributed by atoms with van der Waals surface area (Å²) in [5, 5.41) is 0. The molecular formula is C28H52O2S2Sn2. The van der Waals surface area contributed by atoms with Crippen molar-refractivity contribution in [1.29, 1.82) is 0 Å². The first kappa shape index (κ1) is 31.1. The number of thiophene rings is 2. The van der Waals surface area contributed by atoms with Crippen molar-refractivity contribution in [2.45, 2.75) is 121 Å². The molecule has 0 aromatic carbocycles. The average Bonchev–Trinajstić information content (AvgIpc) is 3.29. The van der Waals surface area contributed by atoms with Crippen molar-refractivity contribution in [3.05, 3.63) is 0 Å². The van der Waals surface area contributed by atoms with Crippen molar-refractivity contribution >= 4 is 74.6 Å². The standard InChI is InChI=1S/C22H34O2S2.6CH3.2Sn/c1-3-5-7-9-11-13-15-23-19-17-25-22-20(18-26-21(19)22)24-16-14-12-10-8-6-4-2;;;;;;;;/h3-16H2,1-2H3;6*1H3;;. The second-order valence-electron chi connectivity index (χ2n) is 11.9. The summed E-state index contributed by atoms with van der Waals surface area (Å²) in [4.78, 5) is 15.2. The van der Waals surface area contributed by atoms with Crippen molar-refractivity contribution in [2.24, 2.45) is 0 Å². The van der Waals surface area contributed by atoms with Crippen LogP contribution < -0.4 is 15.3 Å². The summed E-state index contributed by atoms with van der Waals surface area (Å²) in [7, 11) is 0. The van der Waals surface area contributed by atoms with Crippen LogP contribution in [0.3, 0.4) is 0 Å². The molecule has 0 fully saturated rings. The van der Waals surface area contributed by atoms with Crippen LogP contribution in [0.1, 0.15) is 90.9 Å². The molecule has 6 heteroatoms. The van der Waals surface area contributed by atoms with Gasteiger partial charge in [0, 0.05) is 0 Å². The van der Waals surface area contributed by atoms with Gasteiger partial charge in [0.2, 0.25) is 0 Å². The van der Waals surface area contributed by atoms with Crippen LogP contribution in [0.15, 0.2) is 0 Å². The molecule has 2 heterocycles. The van der Waals surface area contributed by atoms with Gasteiger partial charge in [-0.1, -0.05) is 0 Å². The molecule has 0 bridgehead atoms. The van der Waals surface area contributed by atoms with Crippen molar-refractivity contribution in [3.8, 4) is 11.5 Å². The Bertz CT molecular complexity index is 773. The van der Waals surface area contributed by atoms with Crippen LogP contribution in [0, 0.1) is 0 Å². The second-order valence-corrected chi connectivity index (χ2v) is 44.6. The Balaban J connectivity index is 2.19. The monoisotopic (exact) mass is 724 g/mol. The van der Waals surface area contributed by atoms with Crippen LogP contribution in [0.2, 0.25) is 29.6 Å². The number of hydrogen-bond acceptors (Lipinski definition) is 4. The van der Waals surface area contributed by atoms with Gasteiger partial charge in [-0.2, -0.15) is 0 Å². The van der Waals surface area contributed by atoms with E-state index in [1.807, 2.05) is 22.7 Å². The molecule has 0 aliphatic carbocycles. The minimum atomic E-state index is -2.30. The zero-order valence-electron chi connectivity index (χ0n) is 23.5. The number of fused-ring (bicyclic) bond motifs is 1. The summed E-state index contributed by atoms with van der Waals surface area (Å²) in [6, 6.07) is 0. The summed E-state index contributed by atoms with van der Waals surface area (Å²) in [5.74, 6) is 2.51. The van der Waals surface area contributed by atoms with Gasteiger partial charge in [0.25, 0.3) is 0 Å². The van der Waals surface area contributed by atoms with Crippen molar-refractivity contribution in [2.75, 3.05) is 13.2 Å². The van der Waals surface area contributed by atoms with Gasteiger partial charge in [0.05, 0.1) is 0 Å². The van der Waals surface area contributed by atoms with Gasteiger partial charge in [-0.3, -0.25) is 0 Å². The van der Waals surface area contributed by atoms with Gasteiger partial charge in [0.15, 0.2) is 0 Å². The zero-order chi connectivity index (χ0) is 25.2.